The highest BCUT2D eigenvalue weighted by molar-refractivity contribution is 7.17. The maximum Gasteiger partial charge on any atom is 0.337 e. The quantitative estimate of drug-likeness (QED) is 0.238. The number of benzene rings is 2. The fourth-order valence-electron chi connectivity index (χ4n) is 3.39. The van der Waals surface area contributed by atoms with E-state index in [0.29, 0.717) is 11.3 Å². The Balaban J connectivity index is 1.44. The van der Waals surface area contributed by atoms with E-state index in [4.69, 9.17) is 9.84 Å². The van der Waals surface area contributed by atoms with E-state index in [0.717, 1.165) is 23.1 Å². The van der Waals surface area contributed by atoms with Crippen LogP contribution in [0.3, 0.4) is 0 Å². The lowest BCUT2D eigenvalue weighted by molar-refractivity contribution is 0.0696. The van der Waals surface area contributed by atoms with Gasteiger partial charge in [0.1, 0.15) is 16.4 Å². The smallest absolute Gasteiger partial charge is 0.337 e. The van der Waals surface area contributed by atoms with Crippen LogP contribution < -0.4 is 20.7 Å². The number of carboxylic acid groups (broad SMARTS) is 1. The maximum atomic E-state index is 13.3. The van der Waals surface area contributed by atoms with Gasteiger partial charge in [0, 0.05) is 11.8 Å². The van der Waals surface area contributed by atoms with Gasteiger partial charge in [0.15, 0.2) is 10.9 Å². The Bertz CT molecular complexity index is 1530. The summed E-state index contributed by atoms with van der Waals surface area (Å²) in [4.78, 5) is 57.5. The Hall–Kier alpha value is -5.10. The molecule has 0 atom stereocenters. The van der Waals surface area contributed by atoms with E-state index < -0.39 is 17.9 Å². The normalized spacial score (nSPS) is 10.4. The topological polar surface area (TPSA) is 160 Å². The molecule has 4 N–H and O–H groups in total. The molecule has 2 aromatic heterocycles. The van der Waals surface area contributed by atoms with Crippen molar-refractivity contribution < 1.29 is 29.0 Å². The number of hydrogen-bond donors (Lipinski definition) is 4. The number of pyridine rings is 1. The number of methoxy groups -OCH3 is 1. The number of para-hydroxylation sites is 1. The molecule has 11 nitrogen and oxygen atoms in total. The number of urea groups is 1. The van der Waals surface area contributed by atoms with Crippen molar-refractivity contribution in [3.63, 3.8) is 0 Å². The van der Waals surface area contributed by atoms with Crippen LogP contribution in [-0.4, -0.2) is 45.9 Å². The first-order valence-electron chi connectivity index (χ1n) is 11.1. The molecule has 0 bridgehead atoms. The Morgan fingerprint density at radius 1 is 0.895 bits per heavy atom. The number of anilines is 3. The van der Waals surface area contributed by atoms with Gasteiger partial charge in [-0.05, 0) is 43.3 Å². The van der Waals surface area contributed by atoms with Crippen molar-refractivity contribution in [2.45, 2.75) is 6.92 Å². The zero-order chi connectivity index (χ0) is 27.2. The summed E-state index contributed by atoms with van der Waals surface area (Å²) in [5, 5.41) is 16.8. The van der Waals surface area contributed by atoms with Gasteiger partial charge in [-0.3, -0.25) is 14.9 Å². The van der Waals surface area contributed by atoms with Crippen LogP contribution in [0.5, 0.6) is 5.75 Å². The van der Waals surface area contributed by atoms with Crippen molar-refractivity contribution in [2.24, 2.45) is 0 Å². The van der Waals surface area contributed by atoms with Gasteiger partial charge in [0.2, 0.25) is 0 Å². The molecule has 4 rings (SSSR count). The summed E-state index contributed by atoms with van der Waals surface area (Å²) in [7, 11) is 1.48. The van der Waals surface area contributed by atoms with E-state index in [2.05, 4.69) is 25.9 Å². The second-order valence-electron chi connectivity index (χ2n) is 7.88. The van der Waals surface area contributed by atoms with E-state index in [1.165, 1.54) is 25.4 Å². The van der Waals surface area contributed by atoms with Gasteiger partial charge in [-0.2, -0.15) is 0 Å². The fourth-order valence-corrected chi connectivity index (χ4v) is 4.10. The van der Waals surface area contributed by atoms with E-state index in [1.54, 1.807) is 42.5 Å². The van der Waals surface area contributed by atoms with Crippen LogP contribution in [0.15, 0.2) is 67.0 Å². The van der Waals surface area contributed by atoms with Gasteiger partial charge < -0.3 is 20.5 Å². The van der Waals surface area contributed by atoms with Crippen LogP contribution in [0.1, 0.15) is 41.5 Å². The van der Waals surface area contributed by atoms with Crippen LogP contribution in [0.25, 0.3) is 0 Å². The summed E-state index contributed by atoms with van der Waals surface area (Å²) >= 11 is 0.921. The predicted octanol–water partition coefficient (Wildman–Crippen LogP) is 4.68. The number of amides is 3. The summed E-state index contributed by atoms with van der Waals surface area (Å²) in [6, 6.07) is 13.9. The number of carboxylic acids is 1. The standard InChI is InChI=1S/C26H21N5O6S/c1-14-7-9-18(17(11-14)22(32)16-5-3-4-6-19(16)37-2)29-25(36)31-26-28-13-20(38-26)23(33)30-21-10-8-15(12-27-21)24(34)35/h3-13H,1-2H3,(H,34,35)(H,27,30,33)(H2,28,29,31,36). The van der Waals surface area contributed by atoms with Crippen LogP contribution in [0.4, 0.5) is 21.4 Å². The summed E-state index contributed by atoms with van der Waals surface area (Å²) in [5.74, 6) is -1.41. The summed E-state index contributed by atoms with van der Waals surface area (Å²) in [6.45, 7) is 1.83. The SMILES string of the molecule is COc1ccccc1C(=O)c1cc(C)ccc1NC(=O)Nc1ncc(C(=O)Nc2ccc(C(=O)O)cn2)s1. The molecule has 2 aromatic carbocycles. The Kier molecular flexibility index (Phi) is 7.73. The van der Waals surface area contributed by atoms with E-state index in [-0.39, 0.29) is 38.4 Å². The molecule has 0 aliphatic carbocycles. The number of nitrogens with zero attached hydrogens (tertiary/aromatic N) is 2. The average molecular weight is 532 g/mol. The van der Waals surface area contributed by atoms with Gasteiger partial charge in [0.25, 0.3) is 5.91 Å². The number of aryl methyl sites for hydroxylation is 1. The molecule has 38 heavy (non-hydrogen) atoms. The van der Waals surface area contributed by atoms with Crippen molar-refractivity contribution in [3.05, 3.63) is 94.1 Å². The lowest BCUT2D eigenvalue weighted by Crippen LogP contribution is -2.21. The van der Waals surface area contributed by atoms with Crippen LogP contribution in [0, 0.1) is 6.92 Å². The lowest BCUT2D eigenvalue weighted by Gasteiger charge is -2.13. The van der Waals surface area contributed by atoms with E-state index in [1.807, 2.05) is 6.92 Å². The molecular weight excluding hydrogens is 510 g/mol. The molecule has 0 saturated heterocycles. The number of aromatic nitrogens is 2. The molecule has 4 aromatic rings. The molecule has 3 amide bonds. The maximum absolute atomic E-state index is 13.3. The Morgan fingerprint density at radius 3 is 2.39 bits per heavy atom. The molecule has 0 fully saturated rings. The number of hydrogen-bond acceptors (Lipinski definition) is 8. The number of thiazole rings is 1. The first-order chi connectivity index (χ1) is 18.2. The highest BCUT2D eigenvalue weighted by Crippen LogP contribution is 2.27. The fraction of sp³-hybridized carbons (Fsp3) is 0.0769. The van der Waals surface area contributed by atoms with Gasteiger partial charge in [0.05, 0.1) is 30.1 Å². The van der Waals surface area contributed by atoms with Crippen LogP contribution in [0.2, 0.25) is 0 Å². The molecule has 0 aliphatic heterocycles. The van der Waals surface area contributed by atoms with Crippen molar-refractivity contribution >= 4 is 51.7 Å². The van der Waals surface area contributed by atoms with E-state index >= 15 is 0 Å². The molecule has 0 aliphatic rings. The third-order valence-corrected chi connectivity index (χ3v) is 6.13. The van der Waals surface area contributed by atoms with Crippen LogP contribution >= 0.6 is 11.3 Å². The largest absolute Gasteiger partial charge is 0.496 e. The number of ketones is 1. The summed E-state index contributed by atoms with van der Waals surface area (Å²) in [5.41, 5.74) is 1.74. The minimum absolute atomic E-state index is 0.0142. The van der Waals surface area contributed by atoms with Gasteiger partial charge >= 0.3 is 12.0 Å². The van der Waals surface area contributed by atoms with Crippen molar-refractivity contribution in [1.29, 1.82) is 0 Å². The third kappa shape index (κ3) is 5.99. The van der Waals surface area contributed by atoms with Crippen molar-refractivity contribution in [3.8, 4) is 5.75 Å². The van der Waals surface area contributed by atoms with E-state index in [9.17, 15) is 19.2 Å². The summed E-state index contributed by atoms with van der Waals surface area (Å²) in [6.07, 6.45) is 2.41. The highest BCUT2D eigenvalue weighted by Gasteiger charge is 2.20. The molecule has 12 heteroatoms. The molecule has 0 radical (unpaired) electrons. The van der Waals surface area contributed by atoms with Gasteiger partial charge in [-0.15, -0.1) is 0 Å². The predicted molar refractivity (Wildman–Crippen MR) is 142 cm³/mol. The molecule has 2 heterocycles. The number of rotatable bonds is 8. The van der Waals surface area contributed by atoms with Crippen LogP contribution in [-0.2, 0) is 0 Å². The number of nitrogens with one attached hydrogen (secondary N) is 3. The zero-order valence-electron chi connectivity index (χ0n) is 20.1. The monoisotopic (exact) mass is 531 g/mol. The van der Waals surface area contributed by atoms with Crippen molar-refractivity contribution in [1.82, 2.24) is 9.97 Å². The molecule has 0 saturated carbocycles. The first kappa shape index (κ1) is 26.0. The highest BCUT2D eigenvalue weighted by atomic mass is 32.1. The molecular formula is C26H21N5O6S. The Labute approximate surface area is 220 Å². The molecule has 0 spiro atoms. The number of carbonyl (C=O) groups is 4. The minimum atomic E-state index is -1.13. The zero-order valence-corrected chi connectivity index (χ0v) is 21.0. The number of aromatic carboxylic acids is 1. The minimum Gasteiger partial charge on any atom is -0.496 e. The first-order valence-corrected chi connectivity index (χ1v) is 11.9. The van der Waals surface area contributed by atoms with Gasteiger partial charge in [-0.1, -0.05) is 35.1 Å². The number of ether oxygens (including phenoxy) is 1. The second kappa shape index (κ2) is 11.3. The second-order valence-corrected chi connectivity index (χ2v) is 8.91. The lowest BCUT2D eigenvalue weighted by atomic mass is 9.99. The summed E-state index contributed by atoms with van der Waals surface area (Å²) < 4.78 is 5.30. The molecule has 192 valence electrons. The van der Waals surface area contributed by atoms with Crippen molar-refractivity contribution in [2.75, 3.05) is 23.1 Å². The van der Waals surface area contributed by atoms with Gasteiger partial charge in [-0.25, -0.2) is 19.6 Å². The molecule has 0 unspecified atom stereocenters. The number of carbonyl (C=O) groups excluding carboxylic acids is 3. The average Bonchev–Trinajstić information content (AvgIpc) is 3.38. The third-order valence-electron chi connectivity index (χ3n) is 5.22. The Morgan fingerprint density at radius 2 is 1.68 bits per heavy atom.